The minimum atomic E-state index is -0.965. The fourth-order valence-electron chi connectivity index (χ4n) is 1.55. The molecule has 10 heteroatoms. The summed E-state index contributed by atoms with van der Waals surface area (Å²) in [6.45, 7) is 0. The van der Waals surface area contributed by atoms with Crippen LogP contribution in [0.2, 0.25) is 0 Å². The average molecular weight is 280 g/mol. The Kier molecular flexibility index (Phi) is 3.29. The van der Waals surface area contributed by atoms with E-state index in [4.69, 9.17) is 5.73 Å². The molecule has 3 N–H and O–H groups in total. The molecule has 1 heterocycles. The normalized spacial score (nSPS) is 10.3. The number of halogens is 1. The molecular formula is C10H9FN6O3. The van der Waals surface area contributed by atoms with Gasteiger partial charge in [-0.2, -0.15) is 10.1 Å². The molecule has 0 saturated carbocycles. The predicted molar refractivity (Wildman–Crippen MR) is 66.4 cm³/mol. The number of anilines is 2. The highest BCUT2D eigenvalue weighted by Gasteiger charge is 2.24. The topological polar surface area (TPSA) is 129 Å². The average Bonchev–Trinajstić information content (AvgIpc) is 2.74. The van der Waals surface area contributed by atoms with E-state index in [2.05, 4.69) is 15.4 Å². The smallest absolute Gasteiger partial charge is 0.293 e. The summed E-state index contributed by atoms with van der Waals surface area (Å²) in [7, 11) is 1.51. The number of aromatic nitrogens is 3. The van der Waals surface area contributed by atoms with Gasteiger partial charge < -0.3 is 5.73 Å². The number of aryl methyl sites for hydroxylation is 1. The molecule has 0 fully saturated rings. The minimum absolute atomic E-state index is 0.0558. The van der Waals surface area contributed by atoms with Crippen molar-refractivity contribution in [3.8, 4) is 0 Å². The van der Waals surface area contributed by atoms with E-state index in [-0.39, 0.29) is 5.95 Å². The standard InChI is InChI=1S/C10H9FN6O3/c1-16-10(13-4-14-16)15-9(18)7-5(11)2-3-6(8(7)12)17(19)20/h2-4H,12H2,1H3,(H,13,14,15,18). The third-order valence-corrected chi connectivity index (χ3v) is 2.53. The zero-order valence-electron chi connectivity index (χ0n) is 10.2. The summed E-state index contributed by atoms with van der Waals surface area (Å²) in [5.74, 6) is -1.85. The van der Waals surface area contributed by atoms with Crippen LogP contribution in [0.25, 0.3) is 0 Å². The Morgan fingerprint density at radius 1 is 1.55 bits per heavy atom. The quantitative estimate of drug-likeness (QED) is 0.483. The van der Waals surface area contributed by atoms with E-state index in [0.717, 1.165) is 12.1 Å². The Balaban J connectivity index is 2.42. The van der Waals surface area contributed by atoms with Gasteiger partial charge in [-0.3, -0.25) is 20.2 Å². The van der Waals surface area contributed by atoms with Crippen molar-refractivity contribution in [3.63, 3.8) is 0 Å². The van der Waals surface area contributed by atoms with Gasteiger partial charge in [0, 0.05) is 13.1 Å². The monoisotopic (exact) mass is 280 g/mol. The molecular weight excluding hydrogens is 271 g/mol. The lowest BCUT2D eigenvalue weighted by Crippen LogP contribution is -2.19. The molecule has 0 aliphatic carbocycles. The predicted octanol–water partition coefficient (Wildman–Crippen LogP) is 0.697. The number of nitrogens with two attached hydrogens (primary N) is 1. The number of nitro groups is 1. The largest absolute Gasteiger partial charge is 0.392 e. The molecule has 1 amide bonds. The number of carbonyl (C=O) groups excluding carboxylic acids is 1. The van der Waals surface area contributed by atoms with Gasteiger partial charge in [0.2, 0.25) is 5.95 Å². The highest BCUT2D eigenvalue weighted by Crippen LogP contribution is 2.27. The molecule has 0 unspecified atom stereocenters. The third-order valence-electron chi connectivity index (χ3n) is 2.53. The molecule has 0 aliphatic rings. The van der Waals surface area contributed by atoms with Crippen LogP contribution in [0.4, 0.5) is 21.7 Å². The first kappa shape index (κ1) is 13.4. The van der Waals surface area contributed by atoms with E-state index in [0.29, 0.717) is 0 Å². The number of hydrogen-bond acceptors (Lipinski definition) is 6. The Hall–Kier alpha value is -3.04. The van der Waals surface area contributed by atoms with Gasteiger partial charge in [0.05, 0.1) is 4.92 Å². The molecule has 20 heavy (non-hydrogen) atoms. The number of benzene rings is 1. The summed E-state index contributed by atoms with van der Waals surface area (Å²) < 4.78 is 14.9. The first-order valence-corrected chi connectivity index (χ1v) is 5.29. The Bertz CT molecular complexity index is 698. The van der Waals surface area contributed by atoms with E-state index >= 15 is 0 Å². The van der Waals surface area contributed by atoms with Gasteiger partial charge in [-0.1, -0.05) is 0 Å². The summed E-state index contributed by atoms with van der Waals surface area (Å²) in [5.41, 5.74) is 3.77. The first-order valence-electron chi connectivity index (χ1n) is 5.29. The van der Waals surface area contributed by atoms with Gasteiger partial charge in [0.25, 0.3) is 11.6 Å². The van der Waals surface area contributed by atoms with Crippen LogP contribution in [-0.4, -0.2) is 25.6 Å². The molecule has 1 aromatic carbocycles. The number of rotatable bonds is 3. The lowest BCUT2D eigenvalue weighted by atomic mass is 10.1. The van der Waals surface area contributed by atoms with Crippen molar-refractivity contribution in [1.82, 2.24) is 14.8 Å². The number of nitro benzene ring substituents is 1. The van der Waals surface area contributed by atoms with Crippen molar-refractivity contribution < 1.29 is 14.1 Å². The molecule has 0 saturated heterocycles. The van der Waals surface area contributed by atoms with Crippen LogP contribution < -0.4 is 11.1 Å². The van der Waals surface area contributed by atoms with Gasteiger partial charge in [-0.05, 0) is 6.07 Å². The van der Waals surface area contributed by atoms with Crippen molar-refractivity contribution in [3.05, 3.63) is 40.0 Å². The SMILES string of the molecule is Cn1ncnc1NC(=O)c1c(F)ccc([N+](=O)[O-])c1N. The highest BCUT2D eigenvalue weighted by molar-refractivity contribution is 6.08. The maximum atomic E-state index is 13.7. The number of carbonyl (C=O) groups is 1. The molecule has 9 nitrogen and oxygen atoms in total. The van der Waals surface area contributed by atoms with Gasteiger partial charge in [-0.15, -0.1) is 0 Å². The van der Waals surface area contributed by atoms with E-state index in [9.17, 15) is 19.3 Å². The van der Waals surface area contributed by atoms with E-state index in [1.807, 2.05) is 0 Å². The maximum absolute atomic E-state index is 13.7. The van der Waals surface area contributed by atoms with Crippen molar-refractivity contribution in [1.29, 1.82) is 0 Å². The Morgan fingerprint density at radius 2 is 2.25 bits per heavy atom. The van der Waals surface area contributed by atoms with Crippen LogP contribution in [-0.2, 0) is 7.05 Å². The van der Waals surface area contributed by atoms with Gasteiger partial charge >= 0.3 is 0 Å². The summed E-state index contributed by atoms with van der Waals surface area (Å²) >= 11 is 0. The van der Waals surface area contributed by atoms with Crippen LogP contribution >= 0.6 is 0 Å². The Labute approximate surface area is 111 Å². The zero-order chi connectivity index (χ0) is 14.9. The first-order chi connectivity index (χ1) is 9.41. The number of nitrogen functional groups attached to an aromatic ring is 1. The number of nitrogens with one attached hydrogen (secondary N) is 1. The third kappa shape index (κ3) is 2.25. The zero-order valence-corrected chi connectivity index (χ0v) is 10.2. The fraction of sp³-hybridized carbons (Fsp3) is 0.100. The summed E-state index contributed by atoms with van der Waals surface area (Å²) in [6, 6.07) is 1.70. The van der Waals surface area contributed by atoms with E-state index in [1.54, 1.807) is 0 Å². The molecule has 0 atom stereocenters. The second-order valence-electron chi connectivity index (χ2n) is 3.77. The molecule has 1 aromatic heterocycles. The summed E-state index contributed by atoms with van der Waals surface area (Å²) in [5, 5.41) is 16.7. The highest BCUT2D eigenvalue weighted by atomic mass is 19.1. The Morgan fingerprint density at radius 3 is 2.80 bits per heavy atom. The molecule has 0 bridgehead atoms. The number of hydrogen-bond donors (Lipinski definition) is 2. The molecule has 0 spiro atoms. The molecule has 0 aliphatic heterocycles. The second kappa shape index (κ2) is 4.91. The van der Waals surface area contributed by atoms with Crippen LogP contribution in [0, 0.1) is 15.9 Å². The van der Waals surface area contributed by atoms with Crippen LogP contribution in [0.1, 0.15) is 10.4 Å². The minimum Gasteiger partial charge on any atom is -0.392 e. The van der Waals surface area contributed by atoms with Crippen LogP contribution in [0.3, 0.4) is 0 Å². The molecule has 104 valence electrons. The lowest BCUT2D eigenvalue weighted by molar-refractivity contribution is -0.384. The van der Waals surface area contributed by atoms with Gasteiger partial charge in [0.1, 0.15) is 23.4 Å². The summed E-state index contributed by atoms with van der Waals surface area (Å²) in [4.78, 5) is 25.6. The fourth-order valence-corrected chi connectivity index (χ4v) is 1.55. The second-order valence-corrected chi connectivity index (χ2v) is 3.77. The molecule has 2 rings (SSSR count). The number of amides is 1. The molecule has 2 aromatic rings. The van der Waals surface area contributed by atoms with Crippen molar-refractivity contribution >= 4 is 23.2 Å². The lowest BCUT2D eigenvalue weighted by Gasteiger charge is -2.07. The van der Waals surface area contributed by atoms with E-state index < -0.39 is 33.6 Å². The molecule has 0 radical (unpaired) electrons. The van der Waals surface area contributed by atoms with Crippen molar-refractivity contribution in [2.45, 2.75) is 0 Å². The van der Waals surface area contributed by atoms with Gasteiger partial charge in [0.15, 0.2) is 0 Å². The maximum Gasteiger partial charge on any atom is 0.293 e. The van der Waals surface area contributed by atoms with E-state index in [1.165, 1.54) is 18.1 Å². The van der Waals surface area contributed by atoms with Crippen LogP contribution in [0.15, 0.2) is 18.5 Å². The van der Waals surface area contributed by atoms with Gasteiger partial charge in [-0.25, -0.2) is 9.07 Å². The summed E-state index contributed by atoms with van der Waals surface area (Å²) in [6.07, 6.45) is 1.18. The van der Waals surface area contributed by atoms with Crippen molar-refractivity contribution in [2.24, 2.45) is 7.05 Å². The van der Waals surface area contributed by atoms with Crippen LogP contribution in [0.5, 0.6) is 0 Å². The van der Waals surface area contributed by atoms with Crippen molar-refractivity contribution in [2.75, 3.05) is 11.1 Å². The number of nitrogens with zero attached hydrogens (tertiary/aromatic N) is 4.